The molecule has 0 atom stereocenters. The molecule has 0 saturated carbocycles. The average Bonchev–Trinajstić information content (AvgIpc) is 3.21. The van der Waals surface area contributed by atoms with E-state index in [-0.39, 0.29) is 11.8 Å². The normalized spacial score (nSPS) is 14.7. The van der Waals surface area contributed by atoms with Crippen molar-refractivity contribution in [3.63, 3.8) is 0 Å². The van der Waals surface area contributed by atoms with Crippen LogP contribution in [0.5, 0.6) is 0 Å². The number of hydrogen-bond donors (Lipinski definition) is 0. The molecule has 4 rings (SSSR count). The Kier molecular flexibility index (Phi) is 4.24. The summed E-state index contributed by atoms with van der Waals surface area (Å²) < 4.78 is 0. The lowest BCUT2D eigenvalue weighted by Gasteiger charge is -2.34. The molecule has 0 spiro atoms. The Labute approximate surface area is 150 Å². The summed E-state index contributed by atoms with van der Waals surface area (Å²) >= 11 is 1.46. The minimum Gasteiger partial charge on any atom is -0.335 e. The van der Waals surface area contributed by atoms with Crippen molar-refractivity contribution in [2.45, 2.75) is 0 Å². The molecule has 5 heteroatoms. The number of carbonyl (C=O) groups excluding carboxylic acids is 2. The average molecular weight is 350 g/mol. The fourth-order valence-corrected chi connectivity index (χ4v) is 3.94. The lowest BCUT2D eigenvalue weighted by atomic mass is 10.0. The van der Waals surface area contributed by atoms with Crippen molar-refractivity contribution in [3.8, 4) is 0 Å². The predicted molar refractivity (Wildman–Crippen MR) is 100 cm³/mol. The van der Waals surface area contributed by atoms with Crippen molar-refractivity contribution >= 4 is 33.9 Å². The number of nitrogens with zero attached hydrogens (tertiary/aromatic N) is 2. The Morgan fingerprint density at radius 2 is 1.44 bits per heavy atom. The highest BCUT2D eigenvalue weighted by atomic mass is 32.1. The standard InChI is InChI=1S/C20H18N2O2S/c23-19(17-8-3-6-15-5-1-2-7-16(15)17)21-10-12-22(13-11-21)20(24)18-9-4-14-25-18/h1-9,14H,10-13H2. The number of amides is 2. The van der Waals surface area contributed by atoms with E-state index in [1.165, 1.54) is 11.3 Å². The van der Waals surface area contributed by atoms with Crippen LogP contribution in [0.25, 0.3) is 10.8 Å². The van der Waals surface area contributed by atoms with Gasteiger partial charge in [0.1, 0.15) is 0 Å². The highest BCUT2D eigenvalue weighted by Crippen LogP contribution is 2.21. The van der Waals surface area contributed by atoms with Gasteiger partial charge in [0.2, 0.25) is 0 Å². The molecule has 3 aromatic rings. The molecular weight excluding hydrogens is 332 g/mol. The molecule has 1 saturated heterocycles. The maximum atomic E-state index is 12.9. The summed E-state index contributed by atoms with van der Waals surface area (Å²) in [4.78, 5) is 29.8. The number of hydrogen-bond acceptors (Lipinski definition) is 3. The summed E-state index contributed by atoms with van der Waals surface area (Å²) in [5.74, 6) is 0.104. The Bertz CT molecular complexity index is 907. The second kappa shape index (κ2) is 6.69. The molecule has 0 N–H and O–H groups in total. The first kappa shape index (κ1) is 15.8. The molecule has 2 aromatic carbocycles. The third-order valence-electron chi connectivity index (χ3n) is 4.61. The number of fused-ring (bicyclic) bond motifs is 1. The van der Waals surface area contributed by atoms with Gasteiger partial charge in [0.05, 0.1) is 4.88 Å². The molecular formula is C20H18N2O2S. The van der Waals surface area contributed by atoms with Crippen molar-refractivity contribution in [1.29, 1.82) is 0 Å². The van der Waals surface area contributed by atoms with Gasteiger partial charge in [0.15, 0.2) is 0 Å². The molecule has 0 radical (unpaired) electrons. The molecule has 1 aliphatic rings. The van der Waals surface area contributed by atoms with Crippen LogP contribution in [0.2, 0.25) is 0 Å². The van der Waals surface area contributed by atoms with Crippen LogP contribution in [0.4, 0.5) is 0 Å². The van der Waals surface area contributed by atoms with E-state index in [2.05, 4.69) is 0 Å². The summed E-state index contributed by atoms with van der Waals surface area (Å²) in [6.45, 7) is 2.29. The van der Waals surface area contributed by atoms with Crippen LogP contribution in [0.3, 0.4) is 0 Å². The van der Waals surface area contributed by atoms with Gasteiger partial charge in [-0.15, -0.1) is 11.3 Å². The van der Waals surface area contributed by atoms with E-state index < -0.39 is 0 Å². The van der Waals surface area contributed by atoms with E-state index in [0.717, 1.165) is 21.2 Å². The highest BCUT2D eigenvalue weighted by molar-refractivity contribution is 7.12. The van der Waals surface area contributed by atoms with Gasteiger partial charge in [0, 0.05) is 31.7 Å². The van der Waals surface area contributed by atoms with Gasteiger partial charge in [-0.05, 0) is 28.3 Å². The van der Waals surface area contributed by atoms with Crippen LogP contribution in [0, 0.1) is 0 Å². The summed E-state index contributed by atoms with van der Waals surface area (Å²) in [5, 5.41) is 3.96. The SMILES string of the molecule is O=C(c1cccs1)N1CCN(C(=O)c2cccc3ccccc23)CC1. The first-order chi connectivity index (χ1) is 12.2. The van der Waals surface area contributed by atoms with E-state index in [4.69, 9.17) is 0 Å². The van der Waals surface area contributed by atoms with Gasteiger partial charge in [-0.1, -0.05) is 42.5 Å². The first-order valence-electron chi connectivity index (χ1n) is 8.34. The molecule has 25 heavy (non-hydrogen) atoms. The van der Waals surface area contributed by atoms with Crippen LogP contribution < -0.4 is 0 Å². The van der Waals surface area contributed by atoms with E-state index in [0.29, 0.717) is 26.2 Å². The van der Waals surface area contributed by atoms with Crippen LogP contribution in [0.15, 0.2) is 60.0 Å². The summed E-state index contributed by atoms with van der Waals surface area (Å²) in [6, 6.07) is 17.5. The maximum Gasteiger partial charge on any atom is 0.264 e. The van der Waals surface area contributed by atoms with E-state index in [1.54, 1.807) is 0 Å². The lowest BCUT2D eigenvalue weighted by Crippen LogP contribution is -2.50. The van der Waals surface area contributed by atoms with Gasteiger partial charge in [-0.25, -0.2) is 0 Å². The molecule has 2 amide bonds. The maximum absolute atomic E-state index is 12.9. The Balaban J connectivity index is 1.49. The molecule has 0 unspecified atom stereocenters. The largest absolute Gasteiger partial charge is 0.335 e. The Morgan fingerprint density at radius 1 is 0.760 bits per heavy atom. The molecule has 1 fully saturated rings. The Morgan fingerprint density at radius 3 is 2.16 bits per heavy atom. The van der Waals surface area contributed by atoms with Crippen molar-refractivity contribution in [1.82, 2.24) is 9.80 Å². The van der Waals surface area contributed by atoms with Gasteiger partial charge in [-0.3, -0.25) is 9.59 Å². The zero-order valence-corrected chi connectivity index (χ0v) is 14.5. The van der Waals surface area contributed by atoms with E-state index in [9.17, 15) is 9.59 Å². The van der Waals surface area contributed by atoms with Crippen LogP contribution in [0.1, 0.15) is 20.0 Å². The van der Waals surface area contributed by atoms with Gasteiger partial charge < -0.3 is 9.80 Å². The molecule has 1 aromatic heterocycles. The van der Waals surface area contributed by atoms with Crippen molar-refractivity contribution in [2.75, 3.05) is 26.2 Å². The highest BCUT2D eigenvalue weighted by Gasteiger charge is 2.26. The summed E-state index contributed by atoms with van der Waals surface area (Å²) in [5.41, 5.74) is 0.733. The molecule has 0 aliphatic carbocycles. The molecule has 126 valence electrons. The monoisotopic (exact) mass is 350 g/mol. The van der Waals surface area contributed by atoms with E-state index in [1.807, 2.05) is 69.8 Å². The van der Waals surface area contributed by atoms with Crippen LogP contribution in [-0.2, 0) is 0 Å². The van der Waals surface area contributed by atoms with Crippen molar-refractivity contribution in [2.24, 2.45) is 0 Å². The topological polar surface area (TPSA) is 40.6 Å². The summed E-state index contributed by atoms with van der Waals surface area (Å²) in [6.07, 6.45) is 0. The Hall–Kier alpha value is -2.66. The van der Waals surface area contributed by atoms with Crippen LogP contribution in [-0.4, -0.2) is 47.8 Å². The smallest absolute Gasteiger partial charge is 0.264 e. The molecule has 1 aliphatic heterocycles. The second-order valence-corrected chi connectivity index (χ2v) is 7.04. The fourth-order valence-electron chi connectivity index (χ4n) is 3.25. The quantitative estimate of drug-likeness (QED) is 0.710. The third kappa shape index (κ3) is 3.03. The summed E-state index contributed by atoms with van der Waals surface area (Å²) in [7, 11) is 0. The van der Waals surface area contributed by atoms with Crippen LogP contribution >= 0.6 is 11.3 Å². The van der Waals surface area contributed by atoms with Gasteiger partial charge in [-0.2, -0.15) is 0 Å². The molecule has 4 nitrogen and oxygen atoms in total. The fraction of sp³-hybridized carbons (Fsp3) is 0.200. The van der Waals surface area contributed by atoms with Gasteiger partial charge >= 0.3 is 0 Å². The number of carbonyl (C=O) groups is 2. The number of benzene rings is 2. The first-order valence-corrected chi connectivity index (χ1v) is 9.22. The number of piperazine rings is 1. The number of thiophene rings is 1. The minimum atomic E-state index is 0.0417. The zero-order valence-electron chi connectivity index (χ0n) is 13.7. The van der Waals surface area contributed by atoms with Crippen molar-refractivity contribution in [3.05, 3.63) is 70.4 Å². The second-order valence-electron chi connectivity index (χ2n) is 6.09. The van der Waals surface area contributed by atoms with Crippen molar-refractivity contribution < 1.29 is 9.59 Å². The number of rotatable bonds is 2. The lowest BCUT2D eigenvalue weighted by molar-refractivity contribution is 0.0539. The molecule has 0 bridgehead atoms. The molecule has 2 heterocycles. The third-order valence-corrected chi connectivity index (χ3v) is 5.46. The van der Waals surface area contributed by atoms with E-state index >= 15 is 0 Å². The minimum absolute atomic E-state index is 0.0417. The zero-order chi connectivity index (χ0) is 17.2. The van der Waals surface area contributed by atoms with Gasteiger partial charge in [0.25, 0.3) is 11.8 Å². The predicted octanol–water partition coefficient (Wildman–Crippen LogP) is 3.50.